The first-order valence-corrected chi connectivity index (χ1v) is 11.4. The van der Waals surface area contributed by atoms with Crippen LogP contribution in [0.3, 0.4) is 0 Å². The summed E-state index contributed by atoms with van der Waals surface area (Å²) in [6.07, 6.45) is 0.0122. The average molecular weight is 416 g/mol. The summed E-state index contributed by atoms with van der Waals surface area (Å²) in [6.45, 7) is 5.52. The van der Waals surface area contributed by atoms with E-state index in [4.69, 9.17) is 4.74 Å². The number of rotatable bonds is 5. The van der Waals surface area contributed by atoms with Gasteiger partial charge in [0.15, 0.2) is 5.75 Å². The molecule has 3 heterocycles. The molecule has 1 aromatic carbocycles. The number of ether oxygens (including phenoxy) is 1. The van der Waals surface area contributed by atoms with Crippen LogP contribution in [0.5, 0.6) is 5.75 Å². The minimum atomic E-state index is -0.285. The Hall–Kier alpha value is -1.80. The highest BCUT2D eigenvalue weighted by Crippen LogP contribution is 2.25. The molecular weight excluding hydrogens is 386 g/mol. The normalized spacial score (nSPS) is 21.3. The first kappa shape index (κ1) is 20.5. The van der Waals surface area contributed by atoms with Gasteiger partial charge in [0.2, 0.25) is 5.43 Å². The van der Waals surface area contributed by atoms with Crippen LogP contribution >= 0.6 is 11.8 Å². The molecule has 0 unspecified atom stereocenters. The molecule has 1 aromatic heterocycles. The molecule has 2 aliphatic rings. The van der Waals surface area contributed by atoms with E-state index in [1.165, 1.54) is 0 Å². The summed E-state index contributed by atoms with van der Waals surface area (Å²) in [5.41, 5.74) is 2.52. The average Bonchev–Trinajstić information content (AvgIpc) is 2.76. The fourth-order valence-corrected chi connectivity index (χ4v) is 5.02. The molecule has 2 aromatic rings. The van der Waals surface area contributed by atoms with Crippen molar-refractivity contribution in [1.82, 2.24) is 14.4 Å². The van der Waals surface area contributed by atoms with E-state index in [9.17, 15) is 9.90 Å². The van der Waals surface area contributed by atoms with Gasteiger partial charge in [0, 0.05) is 69.6 Å². The standard InChI is InChI=1S/C22H29N3O3S/c1-23-18(14-24-8-11-29-12-9-24)13-20(26)22(27)19(23)15-25-7-10-28-21(16-25)17-5-3-2-4-6-17/h2-6,13,21,27H,7-12,14-16H2,1H3/t21-/m1/s1. The summed E-state index contributed by atoms with van der Waals surface area (Å²) >= 11 is 1.98. The molecule has 0 aliphatic carbocycles. The molecule has 29 heavy (non-hydrogen) atoms. The number of hydrogen-bond donors (Lipinski definition) is 1. The SMILES string of the molecule is Cn1c(CN2CCSCC2)cc(=O)c(O)c1CN1CCO[C@@H](c2ccccc2)C1. The van der Waals surface area contributed by atoms with E-state index >= 15 is 0 Å². The molecule has 0 saturated carbocycles. The van der Waals surface area contributed by atoms with Crippen molar-refractivity contribution in [2.24, 2.45) is 7.05 Å². The monoisotopic (exact) mass is 415 g/mol. The molecule has 1 atom stereocenters. The minimum Gasteiger partial charge on any atom is -0.503 e. The molecule has 0 amide bonds. The Morgan fingerprint density at radius 1 is 1.10 bits per heavy atom. The van der Waals surface area contributed by atoms with Crippen molar-refractivity contribution in [2.75, 3.05) is 44.3 Å². The van der Waals surface area contributed by atoms with E-state index in [0.717, 1.165) is 55.5 Å². The topological polar surface area (TPSA) is 57.9 Å². The fraction of sp³-hybridized carbons (Fsp3) is 0.500. The van der Waals surface area contributed by atoms with Crippen molar-refractivity contribution in [3.63, 3.8) is 0 Å². The highest BCUT2D eigenvalue weighted by Gasteiger charge is 2.24. The molecule has 2 aliphatic heterocycles. The molecule has 4 rings (SSSR count). The second-order valence-electron chi connectivity index (χ2n) is 7.75. The summed E-state index contributed by atoms with van der Waals surface area (Å²) in [5.74, 6) is 2.13. The summed E-state index contributed by atoms with van der Waals surface area (Å²) in [4.78, 5) is 17.1. The van der Waals surface area contributed by atoms with E-state index in [-0.39, 0.29) is 17.3 Å². The molecule has 0 bridgehead atoms. The van der Waals surface area contributed by atoms with E-state index in [1.807, 2.05) is 41.6 Å². The summed E-state index contributed by atoms with van der Waals surface area (Å²) < 4.78 is 7.96. The van der Waals surface area contributed by atoms with Gasteiger partial charge in [0.1, 0.15) is 0 Å². The van der Waals surface area contributed by atoms with Crippen LogP contribution in [0.2, 0.25) is 0 Å². The van der Waals surface area contributed by atoms with E-state index < -0.39 is 0 Å². The number of pyridine rings is 1. The molecule has 0 spiro atoms. The smallest absolute Gasteiger partial charge is 0.223 e. The van der Waals surface area contributed by atoms with Crippen LogP contribution in [0.25, 0.3) is 0 Å². The van der Waals surface area contributed by atoms with Gasteiger partial charge >= 0.3 is 0 Å². The van der Waals surface area contributed by atoms with Crippen molar-refractivity contribution in [3.05, 3.63) is 63.6 Å². The van der Waals surface area contributed by atoms with Crippen molar-refractivity contribution >= 4 is 11.8 Å². The quantitative estimate of drug-likeness (QED) is 0.808. The third kappa shape index (κ3) is 4.86. The lowest BCUT2D eigenvalue weighted by Crippen LogP contribution is -2.39. The maximum absolute atomic E-state index is 12.5. The zero-order valence-electron chi connectivity index (χ0n) is 16.9. The zero-order valence-corrected chi connectivity index (χ0v) is 17.7. The van der Waals surface area contributed by atoms with Crippen LogP contribution in [0, 0.1) is 0 Å². The molecule has 6 nitrogen and oxygen atoms in total. The second-order valence-corrected chi connectivity index (χ2v) is 8.97. The van der Waals surface area contributed by atoms with Crippen LogP contribution in [0.4, 0.5) is 0 Å². The third-order valence-corrected chi connectivity index (χ3v) is 6.77. The van der Waals surface area contributed by atoms with Crippen LogP contribution in [-0.2, 0) is 24.9 Å². The Morgan fingerprint density at radius 2 is 1.86 bits per heavy atom. The van der Waals surface area contributed by atoms with E-state index in [0.29, 0.717) is 18.8 Å². The van der Waals surface area contributed by atoms with Gasteiger partial charge in [0.05, 0.1) is 18.4 Å². The maximum Gasteiger partial charge on any atom is 0.223 e. The largest absolute Gasteiger partial charge is 0.503 e. The van der Waals surface area contributed by atoms with Gasteiger partial charge in [-0.2, -0.15) is 11.8 Å². The Bertz CT molecular complexity index is 881. The van der Waals surface area contributed by atoms with Crippen molar-refractivity contribution in [1.29, 1.82) is 0 Å². The lowest BCUT2D eigenvalue weighted by molar-refractivity contribution is -0.0338. The number of nitrogens with zero attached hydrogens (tertiary/aromatic N) is 3. The Kier molecular flexibility index (Phi) is 6.60. The second kappa shape index (κ2) is 9.34. The number of morpholine rings is 1. The third-order valence-electron chi connectivity index (χ3n) is 5.82. The van der Waals surface area contributed by atoms with Gasteiger partial charge in [-0.05, 0) is 5.56 Å². The van der Waals surface area contributed by atoms with E-state index in [1.54, 1.807) is 6.07 Å². The van der Waals surface area contributed by atoms with Crippen molar-refractivity contribution < 1.29 is 9.84 Å². The van der Waals surface area contributed by atoms with Crippen LogP contribution in [-0.4, -0.2) is 63.8 Å². The van der Waals surface area contributed by atoms with Gasteiger partial charge < -0.3 is 14.4 Å². The number of aromatic nitrogens is 1. The molecule has 0 radical (unpaired) electrons. The molecular formula is C22H29N3O3S. The highest BCUT2D eigenvalue weighted by atomic mass is 32.2. The van der Waals surface area contributed by atoms with Gasteiger partial charge in [-0.1, -0.05) is 30.3 Å². The first-order chi connectivity index (χ1) is 14.1. The van der Waals surface area contributed by atoms with Gasteiger partial charge in [-0.25, -0.2) is 0 Å². The van der Waals surface area contributed by atoms with Gasteiger partial charge in [-0.3, -0.25) is 14.6 Å². The minimum absolute atomic E-state index is 0.0122. The zero-order chi connectivity index (χ0) is 20.2. The van der Waals surface area contributed by atoms with Gasteiger partial charge in [0.25, 0.3) is 0 Å². The Labute approximate surface area is 176 Å². The number of aromatic hydroxyl groups is 1. The van der Waals surface area contributed by atoms with Crippen LogP contribution < -0.4 is 5.43 Å². The maximum atomic E-state index is 12.5. The summed E-state index contributed by atoms with van der Waals surface area (Å²) in [7, 11) is 1.96. The molecule has 2 saturated heterocycles. The first-order valence-electron chi connectivity index (χ1n) is 10.2. The lowest BCUT2D eigenvalue weighted by atomic mass is 10.1. The number of benzene rings is 1. The Balaban J connectivity index is 1.52. The molecule has 2 fully saturated rings. The molecule has 156 valence electrons. The highest BCUT2D eigenvalue weighted by molar-refractivity contribution is 7.99. The van der Waals surface area contributed by atoms with E-state index in [2.05, 4.69) is 21.9 Å². The lowest BCUT2D eigenvalue weighted by Gasteiger charge is -2.34. The molecule has 1 N–H and O–H groups in total. The predicted molar refractivity (Wildman–Crippen MR) is 116 cm³/mol. The fourth-order valence-electron chi connectivity index (χ4n) is 4.04. The summed E-state index contributed by atoms with van der Waals surface area (Å²) in [6, 6.07) is 11.8. The van der Waals surface area contributed by atoms with Crippen LogP contribution in [0.15, 0.2) is 41.2 Å². The van der Waals surface area contributed by atoms with Crippen LogP contribution in [0.1, 0.15) is 23.1 Å². The summed E-state index contributed by atoms with van der Waals surface area (Å²) in [5, 5.41) is 10.5. The van der Waals surface area contributed by atoms with Gasteiger partial charge in [-0.15, -0.1) is 0 Å². The predicted octanol–water partition coefficient (Wildman–Crippen LogP) is 2.21. The van der Waals surface area contributed by atoms with Crippen molar-refractivity contribution in [2.45, 2.75) is 19.2 Å². The Morgan fingerprint density at radius 3 is 2.62 bits per heavy atom. The van der Waals surface area contributed by atoms with Crippen molar-refractivity contribution in [3.8, 4) is 5.75 Å². The molecule has 7 heteroatoms. The number of thioether (sulfide) groups is 1. The number of hydrogen-bond acceptors (Lipinski definition) is 6.